The van der Waals surface area contributed by atoms with E-state index < -0.39 is 27.8 Å². The highest BCUT2D eigenvalue weighted by molar-refractivity contribution is 7.91. The average Bonchev–Trinajstić information content (AvgIpc) is 3.22. The van der Waals surface area contributed by atoms with E-state index in [9.17, 15) is 23.1 Å². The van der Waals surface area contributed by atoms with Crippen molar-refractivity contribution in [3.63, 3.8) is 0 Å². The van der Waals surface area contributed by atoms with Gasteiger partial charge in [-0.1, -0.05) is 41.7 Å². The van der Waals surface area contributed by atoms with Gasteiger partial charge < -0.3 is 20.5 Å². The monoisotopic (exact) mass is 558 g/mol. The second-order valence-corrected chi connectivity index (χ2v) is 12.5. The minimum absolute atomic E-state index is 0.0888. The number of hydrogen-bond acceptors (Lipinski definition) is 8. The van der Waals surface area contributed by atoms with Crippen LogP contribution in [0.2, 0.25) is 0 Å². The van der Waals surface area contributed by atoms with Crippen molar-refractivity contribution in [2.24, 2.45) is 0 Å². The molecular formula is C26H30N4O6S2. The standard InChI is InChI=1S/C26H30N4O6S2/c1-15-24(37-25(28-15)29-16(2)31)38(34,35)30-21-19-14-18(10-11-20(19)36-26(3,4)22(21)32)23(33)27-13-12-17-8-6-5-7-9-17/h5-11,14,21-22,30,32H,12-13H2,1-4H3,(H,27,33)(H,28,29,31)/t21-,22+/m1/s1. The molecule has 0 bridgehead atoms. The van der Waals surface area contributed by atoms with Gasteiger partial charge in [0.15, 0.2) is 9.34 Å². The Morgan fingerprint density at radius 3 is 2.55 bits per heavy atom. The van der Waals surface area contributed by atoms with Gasteiger partial charge in [-0.05, 0) is 51.0 Å². The van der Waals surface area contributed by atoms with E-state index in [1.807, 2.05) is 30.3 Å². The molecule has 4 N–H and O–H groups in total. The van der Waals surface area contributed by atoms with Crippen molar-refractivity contribution in [1.29, 1.82) is 0 Å². The Morgan fingerprint density at radius 1 is 1.16 bits per heavy atom. The zero-order valence-corrected chi connectivity index (χ0v) is 23.1. The zero-order chi connectivity index (χ0) is 27.7. The largest absolute Gasteiger partial charge is 0.485 e. The topological polar surface area (TPSA) is 147 Å². The molecule has 1 aliphatic rings. The first-order valence-corrected chi connectivity index (χ1v) is 14.3. The van der Waals surface area contributed by atoms with E-state index in [0.29, 0.717) is 29.8 Å². The second kappa shape index (κ2) is 10.8. The number of carbonyl (C=O) groups is 2. The average molecular weight is 559 g/mol. The third kappa shape index (κ3) is 6.04. The molecule has 2 aromatic carbocycles. The number of amides is 2. The Balaban J connectivity index is 1.59. The molecule has 0 saturated heterocycles. The molecule has 0 radical (unpaired) electrons. The third-order valence-corrected chi connectivity index (χ3v) is 9.24. The number of aromatic nitrogens is 1. The van der Waals surface area contributed by atoms with Gasteiger partial charge in [0.05, 0.1) is 11.7 Å². The molecule has 4 rings (SSSR count). The molecule has 12 heteroatoms. The fourth-order valence-corrected chi connectivity index (χ4v) is 6.89. The number of anilines is 1. The lowest BCUT2D eigenvalue weighted by molar-refractivity contribution is -0.114. The van der Waals surface area contributed by atoms with E-state index in [1.165, 1.54) is 19.9 Å². The minimum Gasteiger partial charge on any atom is -0.485 e. The lowest BCUT2D eigenvalue weighted by Gasteiger charge is -2.42. The van der Waals surface area contributed by atoms with E-state index in [2.05, 4.69) is 20.3 Å². The summed E-state index contributed by atoms with van der Waals surface area (Å²) in [7, 11) is -4.17. The Labute approximate surface area is 225 Å². The summed E-state index contributed by atoms with van der Waals surface area (Å²) in [6, 6.07) is 13.4. The molecule has 38 heavy (non-hydrogen) atoms. The molecule has 0 fully saturated rings. The molecule has 10 nitrogen and oxygen atoms in total. The SMILES string of the molecule is CC(=O)Nc1nc(C)c(S(=O)(=O)N[C@@H]2c3cc(C(=O)NCCc4ccccc4)ccc3OC(C)(C)[C@H]2O)s1. The first-order chi connectivity index (χ1) is 17.9. The fourth-order valence-electron chi connectivity index (χ4n) is 4.19. The summed E-state index contributed by atoms with van der Waals surface area (Å²) in [5.74, 6) is -0.350. The summed E-state index contributed by atoms with van der Waals surface area (Å²) in [6.45, 7) is 6.55. The number of ether oxygens (including phenoxy) is 1. The van der Waals surface area contributed by atoms with Gasteiger partial charge in [0, 0.05) is 24.6 Å². The molecule has 3 aromatic rings. The second-order valence-electron chi connectivity index (χ2n) is 9.57. The summed E-state index contributed by atoms with van der Waals surface area (Å²) in [5.41, 5.74) is 0.813. The van der Waals surface area contributed by atoms with Crippen LogP contribution in [0.15, 0.2) is 52.7 Å². The van der Waals surface area contributed by atoms with Crippen molar-refractivity contribution in [3.05, 3.63) is 70.9 Å². The fraction of sp³-hybridized carbons (Fsp3) is 0.346. The number of hydrogen-bond donors (Lipinski definition) is 4. The molecule has 2 amide bonds. The van der Waals surface area contributed by atoms with Crippen LogP contribution < -0.4 is 20.1 Å². The van der Waals surface area contributed by atoms with Crippen LogP contribution >= 0.6 is 11.3 Å². The lowest BCUT2D eigenvalue weighted by atomic mass is 9.86. The maximum Gasteiger partial charge on any atom is 0.252 e. The van der Waals surface area contributed by atoms with Crippen molar-refractivity contribution in [1.82, 2.24) is 15.0 Å². The number of thiazole rings is 1. The van der Waals surface area contributed by atoms with Gasteiger partial charge in [-0.25, -0.2) is 13.4 Å². The Morgan fingerprint density at radius 2 is 1.87 bits per heavy atom. The van der Waals surface area contributed by atoms with E-state index in [1.54, 1.807) is 26.0 Å². The van der Waals surface area contributed by atoms with E-state index >= 15 is 0 Å². The highest BCUT2D eigenvalue weighted by atomic mass is 32.2. The number of aryl methyl sites for hydroxylation is 1. The first-order valence-electron chi connectivity index (χ1n) is 12.0. The van der Waals surface area contributed by atoms with Crippen molar-refractivity contribution in [2.75, 3.05) is 11.9 Å². The van der Waals surface area contributed by atoms with Crippen molar-refractivity contribution < 1.29 is 27.9 Å². The summed E-state index contributed by atoms with van der Waals surface area (Å²) >= 11 is 0.811. The van der Waals surface area contributed by atoms with Crippen molar-refractivity contribution >= 4 is 38.3 Å². The Hall–Kier alpha value is -3.32. The number of sulfonamides is 1. The molecule has 2 heterocycles. The lowest BCUT2D eigenvalue weighted by Crippen LogP contribution is -2.53. The molecule has 1 aliphatic heterocycles. The number of nitrogens with zero attached hydrogens (tertiary/aromatic N) is 1. The number of fused-ring (bicyclic) bond motifs is 1. The Kier molecular flexibility index (Phi) is 7.88. The van der Waals surface area contributed by atoms with Gasteiger partial charge in [-0.3, -0.25) is 9.59 Å². The predicted octanol–water partition coefficient (Wildman–Crippen LogP) is 2.93. The van der Waals surface area contributed by atoms with Crippen LogP contribution in [0.5, 0.6) is 5.75 Å². The van der Waals surface area contributed by atoms with Gasteiger partial charge in [0.25, 0.3) is 15.9 Å². The molecule has 2 atom stereocenters. The summed E-state index contributed by atoms with van der Waals surface area (Å²) in [5, 5.41) is 16.6. The van der Waals surface area contributed by atoms with E-state index in [-0.39, 0.29) is 26.8 Å². The first kappa shape index (κ1) is 27.7. The molecule has 202 valence electrons. The summed E-state index contributed by atoms with van der Waals surface area (Å²) in [4.78, 5) is 28.4. The van der Waals surface area contributed by atoms with Gasteiger partial charge in [-0.2, -0.15) is 4.72 Å². The van der Waals surface area contributed by atoms with Crippen LogP contribution in [-0.2, 0) is 21.2 Å². The molecule has 0 unspecified atom stereocenters. The van der Waals surface area contributed by atoms with E-state index in [4.69, 9.17) is 4.74 Å². The highest BCUT2D eigenvalue weighted by Crippen LogP contribution is 2.41. The van der Waals surface area contributed by atoms with Gasteiger partial charge >= 0.3 is 0 Å². The number of aliphatic hydroxyl groups is 1. The van der Waals surface area contributed by atoms with Crippen molar-refractivity contribution in [3.8, 4) is 5.75 Å². The maximum atomic E-state index is 13.4. The van der Waals surface area contributed by atoms with Crippen LogP contribution in [0.25, 0.3) is 0 Å². The van der Waals surface area contributed by atoms with Gasteiger partial charge in [0.2, 0.25) is 5.91 Å². The molecule has 1 aromatic heterocycles. The molecular weight excluding hydrogens is 528 g/mol. The zero-order valence-electron chi connectivity index (χ0n) is 21.4. The Bertz CT molecular complexity index is 1450. The van der Waals surface area contributed by atoms with Crippen LogP contribution in [0.4, 0.5) is 5.13 Å². The normalized spacial score (nSPS) is 18.2. The number of nitrogens with one attached hydrogen (secondary N) is 3. The summed E-state index contributed by atoms with van der Waals surface area (Å²) < 4.78 is 35.2. The number of rotatable bonds is 8. The number of aliphatic hydroxyl groups excluding tert-OH is 1. The quantitative estimate of drug-likeness (QED) is 0.332. The minimum atomic E-state index is -4.17. The van der Waals surface area contributed by atoms with Gasteiger partial charge in [0.1, 0.15) is 17.5 Å². The molecule has 0 aliphatic carbocycles. The predicted molar refractivity (Wildman–Crippen MR) is 144 cm³/mol. The molecule has 0 spiro atoms. The maximum absolute atomic E-state index is 13.4. The highest BCUT2D eigenvalue weighted by Gasteiger charge is 2.45. The third-order valence-electron chi connectivity index (χ3n) is 6.11. The van der Waals surface area contributed by atoms with Crippen LogP contribution in [0, 0.1) is 6.92 Å². The van der Waals surface area contributed by atoms with E-state index in [0.717, 1.165) is 16.9 Å². The van der Waals surface area contributed by atoms with Gasteiger partial charge in [-0.15, -0.1) is 0 Å². The van der Waals surface area contributed by atoms with Crippen LogP contribution in [0.3, 0.4) is 0 Å². The van der Waals surface area contributed by atoms with Crippen molar-refractivity contribution in [2.45, 2.75) is 56.1 Å². The smallest absolute Gasteiger partial charge is 0.252 e. The number of carbonyl (C=O) groups excluding carboxylic acids is 2. The molecule has 0 saturated carbocycles. The number of benzene rings is 2. The summed E-state index contributed by atoms with van der Waals surface area (Å²) in [6.07, 6.45) is -0.617. The van der Waals surface area contributed by atoms with Crippen LogP contribution in [0.1, 0.15) is 54.0 Å². The van der Waals surface area contributed by atoms with Crippen LogP contribution in [-0.4, -0.2) is 48.6 Å².